The normalized spacial score (nSPS) is 18.6. The number of hydrogen-bond acceptors (Lipinski definition) is 8. The van der Waals surface area contributed by atoms with Crippen molar-refractivity contribution in [3.05, 3.63) is 23.3 Å². The molecule has 8 heteroatoms. The summed E-state index contributed by atoms with van der Waals surface area (Å²) in [5, 5.41) is 0. The number of morpholine rings is 2. The van der Waals surface area contributed by atoms with Crippen LogP contribution in [0.1, 0.15) is 25.0 Å². The van der Waals surface area contributed by atoms with Gasteiger partial charge in [0.2, 0.25) is 0 Å². The molecule has 8 nitrogen and oxygen atoms in total. The topological polar surface area (TPSA) is 77.5 Å². The third-order valence-electron chi connectivity index (χ3n) is 4.75. The second-order valence-electron chi connectivity index (χ2n) is 7.03. The lowest BCUT2D eigenvalue weighted by Crippen LogP contribution is -2.36. The van der Waals surface area contributed by atoms with E-state index in [9.17, 15) is 9.59 Å². The molecule has 3 rings (SSSR count). The lowest BCUT2D eigenvalue weighted by molar-refractivity contribution is -0.133. The van der Waals surface area contributed by atoms with E-state index in [0.717, 1.165) is 37.3 Å². The number of carbonyl (C=O) groups excluding carboxylic acids is 2. The monoisotopic (exact) mass is 392 g/mol. The molecule has 1 aromatic rings. The van der Waals surface area contributed by atoms with Crippen LogP contribution in [-0.4, -0.2) is 74.3 Å². The molecule has 0 aliphatic carbocycles. The summed E-state index contributed by atoms with van der Waals surface area (Å²) in [6.07, 6.45) is 0. The summed E-state index contributed by atoms with van der Waals surface area (Å²) >= 11 is 0. The van der Waals surface area contributed by atoms with Gasteiger partial charge in [-0.15, -0.1) is 0 Å². The Morgan fingerprint density at radius 2 is 1.14 bits per heavy atom. The predicted octanol–water partition coefficient (Wildman–Crippen LogP) is 1.20. The molecule has 0 amide bonds. The van der Waals surface area contributed by atoms with Gasteiger partial charge in [-0.05, 0) is 12.1 Å². The molecule has 2 aliphatic heterocycles. The van der Waals surface area contributed by atoms with Crippen molar-refractivity contribution in [2.24, 2.45) is 0 Å². The van der Waals surface area contributed by atoms with Crippen molar-refractivity contribution in [1.29, 1.82) is 0 Å². The molecule has 0 aromatic heterocycles. The Morgan fingerprint density at radius 1 is 0.786 bits per heavy atom. The van der Waals surface area contributed by atoms with Crippen molar-refractivity contribution >= 4 is 11.9 Å². The fourth-order valence-electron chi connectivity index (χ4n) is 3.39. The minimum absolute atomic E-state index is 0.374. The molecular formula is C20H28N2O6. The first-order chi connectivity index (χ1) is 13.5. The van der Waals surface area contributed by atoms with Crippen molar-refractivity contribution in [2.45, 2.75) is 26.9 Å². The molecule has 0 bridgehead atoms. The van der Waals surface area contributed by atoms with Crippen LogP contribution in [0.25, 0.3) is 0 Å². The number of nitrogens with zero attached hydrogens (tertiary/aromatic N) is 2. The summed E-state index contributed by atoms with van der Waals surface area (Å²) in [4.78, 5) is 27.8. The standard InChI is InChI=1S/C20H28N2O6/c1-15(23)27-19-11-18(14-22-5-9-26-10-6-22)20(28-16(2)24)12-17(19)13-21-3-7-25-8-4-21/h11-12H,3-10,13-14H2,1-2H3. The summed E-state index contributed by atoms with van der Waals surface area (Å²) in [7, 11) is 0. The highest BCUT2D eigenvalue weighted by atomic mass is 16.5. The van der Waals surface area contributed by atoms with Crippen molar-refractivity contribution < 1.29 is 28.5 Å². The summed E-state index contributed by atoms with van der Waals surface area (Å²) in [6, 6.07) is 3.65. The number of benzene rings is 1. The molecule has 0 unspecified atom stereocenters. The lowest BCUT2D eigenvalue weighted by atomic mass is 10.1. The number of esters is 2. The molecule has 0 spiro atoms. The van der Waals surface area contributed by atoms with Gasteiger partial charge in [0.1, 0.15) is 11.5 Å². The van der Waals surface area contributed by atoms with E-state index in [1.807, 2.05) is 12.1 Å². The second kappa shape index (κ2) is 9.97. The highest BCUT2D eigenvalue weighted by molar-refractivity contribution is 5.72. The maximum absolute atomic E-state index is 11.7. The quantitative estimate of drug-likeness (QED) is 0.528. The molecule has 2 aliphatic rings. The van der Waals surface area contributed by atoms with E-state index in [2.05, 4.69) is 9.80 Å². The van der Waals surface area contributed by atoms with Crippen molar-refractivity contribution in [1.82, 2.24) is 9.80 Å². The van der Waals surface area contributed by atoms with Crippen LogP contribution >= 0.6 is 0 Å². The van der Waals surface area contributed by atoms with Gasteiger partial charge in [0.15, 0.2) is 0 Å². The molecule has 2 saturated heterocycles. The van der Waals surface area contributed by atoms with Crippen molar-refractivity contribution in [2.75, 3.05) is 52.6 Å². The zero-order chi connectivity index (χ0) is 19.9. The van der Waals surface area contributed by atoms with Crippen LogP contribution in [0.3, 0.4) is 0 Å². The number of ether oxygens (including phenoxy) is 4. The zero-order valence-corrected chi connectivity index (χ0v) is 16.6. The van der Waals surface area contributed by atoms with E-state index in [1.165, 1.54) is 13.8 Å². The van der Waals surface area contributed by atoms with Gasteiger partial charge in [0, 0.05) is 64.2 Å². The molecule has 2 heterocycles. The largest absolute Gasteiger partial charge is 0.426 e. The number of rotatable bonds is 6. The molecule has 28 heavy (non-hydrogen) atoms. The van der Waals surface area contributed by atoms with Crippen LogP contribution in [0.4, 0.5) is 0 Å². The van der Waals surface area contributed by atoms with Gasteiger partial charge >= 0.3 is 11.9 Å². The Bertz CT molecular complexity index is 636. The van der Waals surface area contributed by atoms with Crippen LogP contribution in [0.15, 0.2) is 12.1 Å². The predicted molar refractivity (Wildman–Crippen MR) is 101 cm³/mol. The van der Waals surface area contributed by atoms with Gasteiger partial charge in [-0.25, -0.2) is 0 Å². The molecule has 154 valence electrons. The first-order valence-electron chi connectivity index (χ1n) is 9.64. The summed E-state index contributed by atoms with van der Waals surface area (Å²) in [5.74, 6) is 0.276. The smallest absolute Gasteiger partial charge is 0.308 e. The first-order valence-corrected chi connectivity index (χ1v) is 9.64. The van der Waals surface area contributed by atoms with Crippen LogP contribution in [0.2, 0.25) is 0 Å². The highest BCUT2D eigenvalue weighted by Crippen LogP contribution is 2.32. The van der Waals surface area contributed by atoms with Gasteiger partial charge in [-0.3, -0.25) is 19.4 Å². The summed E-state index contributed by atoms with van der Waals surface area (Å²) < 4.78 is 21.8. The third-order valence-corrected chi connectivity index (χ3v) is 4.75. The van der Waals surface area contributed by atoms with Crippen molar-refractivity contribution in [3.8, 4) is 11.5 Å². The highest BCUT2D eigenvalue weighted by Gasteiger charge is 2.21. The average molecular weight is 392 g/mol. The Morgan fingerprint density at radius 3 is 1.46 bits per heavy atom. The molecule has 0 radical (unpaired) electrons. The molecule has 0 N–H and O–H groups in total. The fraction of sp³-hybridized carbons (Fsp3) is 0.600. The molecule has 1 aromatic carbocycles. The Hall–Kier alpha value is -2.00. The fourth-order valence-corrected chi connectivity index (χ4v) is 3.39. The number of hydrogen-bond donors (Lipinski definition) is 0. The molecule has 0 atom stereocenters. The summed E-state index contributed by atoms with van der Waals surface area (Å²) in [6.45, 7) is 9.88. The first kappa shape index (κ1) is 20.7. The van der Waals surface area contributed by atoms with Crippen LogP contribution < -0.4 is 9.47 Å². The Labute approximate surface area is 165 Å². The zero-order valence-electron chi connectivity index (χ0n) is 16.6. The average Bonchev–Trinajstić information content (AvgIpc) is 2.66. The Balaban J connectivity index is 1.89. The number of carbonyl (C=O) groups is 2. The molecule has 2 fully saturated rings. The lowest BCUT2D eigenvalue weighted by Gasteiger charge is -2.29. The van der Waals surface area contributed by atoms with E-state index < -0.39 is 0 Å². The van der Waals surface area contributed by atoms with E-state index >= 15 is 0 Å². The van der Waals surface area contributed by atoms with Gasteiger partial charge in [-0.1, -0.05) is 0 Å². The van der Waals surface area contributed by atoms with Crippen LogP contribution in [0, 0.1) is 0 Å². The van der Waals surface area contributed by atoms with Gasteiger partial charge < -0.3 is 18.9 Å². The van der Waals surface area contributed by atoms with Gasteiger partial charge in [-0.2, -0.15) is 0 Å². The maximum Gasteiger partial charge on any atom is 0.308 e. The van der Waals surface area contributed by atoms with E-state index in [4.69, 9.17) is 18.9 Å². The van der Waals surface area contributed by atoms with E-state index in [1.54, 1.807) is 0 Å². The van der Waals surface area contributed by atoms with Crippen molar-refractivity contribution in [3.63, 3.8) is 0 Å². The van der Waals surface area contributed by atoms with Gasteiger partial charge in [0.05, 0.1) is 26.4 Å². The van der Waals surface area contributed by atoms with Crippen LogP contribution in [-0.2, 0) is 32.2 Å². The second-order valence-corrected chi connectivity index (χ2v) is 7.03. The summed E-state index contributed by atoms with van der Waals surface area (Å²) in [5.41, 5.74) is 1.64. The SMILES string of the molecule is CC(=O)Oc1cc(CN2CCOCC2)c(OC(C)=O)cc1CN1CCOCC1. The minimum atomic E-state index is -0.374. The Kier molecular flexibility index (Phi) is 7.38. The molecular weight excluding hydrogens is 364 g/mol. The van der Waals surface area contributed by atoms with E-state index in [0.29, 0.717) is 51.0 Å². The van der Waals surface area contributed by atoms with Crippen LogP contribution in [0.5, 0.6) is 11.5 Å². The van der Waals surface area contributed by atoms with Gasteiger partial charge in [0.25, 0.3) is 0 Å². The maximum atomic E-state index is 11.7. The van der Waals surface area contributed by atoms with E-state index in [-0.39, 0.29) is 11.9 Å². The molecule has 0 saturated carbocycles. The third kappa shape index (κ3) is 6.00. The minimum Gasteiger partial charge on any atom is -0.426 e.